The van der Waals surface area contributed by atoms with Crippen molar-refractivity contribution in [1.29, 1.82) is 21.0 Å². The average Bonchev–Trinajstić information content (AvgIpc) is 2.78. The molecule has 0 aromatic heterocycles. The lowest BCUT2D eigenvalue weighted by molar-refractivity contribution is 0.458. The largest absolute Gasteiger partial charge is 0.193 e. The van der Waals surface area contributed by atoms with Gasteiger partial charge >= 0.3 is 0 Å². The van der Waals surface area contributed by atoms with Crippen molar-refractivity contribution < 1.29 is 0 Å². The van der Waals surface area contributed by atoms with Gasteiger partial charge in [0.1, 0.15) is 0 Å². The lowest BCUT2D eigenvalue weighted by atomic mass is 9.57. The van der Waals surface area contributed by atoms with Crippen LogP contribution in [-0.2, 0) is 12.8 Å². The Bertz CT molecular complexity index is 1160. The van der Waals surface area contributed by atoms with Crippen molar-refractivity contribution in [1.82, 2.24) is 0 Å². The summed E-state index contributed by atoms with van der Waals surface area (Å²) in [5.74, 6) is -0.951. The van der Waals surface area contributed by atoms with Gasteiger partial charge in [-0.05, 0) is 43.2 Å². The number of allylic oxidation sites excluding steroid dienone is 8. The molecule has 8 rings (SSSR count). The highest BCUT2D eigenvalue weighted by atomic mass is 14.5. The zero-order chi connectivity index (χ0) is 21.1. The Morgan fingerprint density at radius 3 is 2.23 bits per heavy atom. The standard InChI is InChI=1S/C26H20N4/c27-12-11-20(14-28)26-21-6-2-4-18-9-7-17(8-10-18)3-1-5-19-13-22(21)23(15-29)24(16-30)25(19)26/h6-11,13,22,25-26H,1-5H2/b20-11+,21-6+/t22-,25-,26-/m0/s1. The first-order valence-corrected chi connectivity index (χ1v) is 10.2. The van der Waals surface area contributed by atoms with Gasteiger partial charge in [-0.3, -0.25) is 0 Å². The molecule has 0 fully saturated rings. The van der Waals surface area contributed by atoms with E-state index in [0.717, 1.165) is 43.3 Å². The second kappa shape index (κ2) is 8.25. The van der Waals surface area contributed by atoms with E-state index in [2.05, 4.69) is 54.6 Å². The molecule has 30 heavy (non-hydrogen) atoms. The van der Waals surface area contributed by atoms with Crippen molar-refractivity contribution in [2.75, 3.05) is 0 Å². The summed E-state index contributed by atoms with van der Waals surface area (Å²) in [5, 5.41) is 38.8. The molecule has 0 spiro atoms. The molecule has 0 N–H and O–H groups in total. The van der Waals surface area contributed by atoms with Gasteiger partial charge in [0.2, 0.25) is 0 Å². The first-order chi connectivity index (χ1) is 14.7. The second-order valence-electron chi connectivity index (χ2n) is 7.98. The van der Waals surface area contributed by atoms with E-state index in [-0.39, 0.29) is 17.8 Å². The van der Waals surface area contributed by atoms with Crippen LogP contribution in [0.15, 0.2) is 70.4 Å². The normalized spacial score (nSPS) is 27.1. The molecule has 0 heterocycles. The van der Waals surface area contributed by atoms with Gasteiger partial charge in [0.15, 0.2) is 0 Å². The van der Waals surface area contributed by atoms with Gasteiger partial charge < -0.3 is 0 Å². The molecular weight excluding hydrogens is 368 g/mol. The number of benzene rings is 1. The van der Waals surface area contributed by atoms with E-state index in [9.17, 15) is 21.0 Å². The van der Waals surface area contributed by atoms with Crippen LogP contribution in [-0.4, -0.2) is 0 Å². The summed E-state index contributed by atoms with van der Waals surface area (Å²) in [6.45, 7) is 0. The number of nitriles is 4. The molecular formula is C26H20N4. The van der Waals surface area contributed by atoms with Crippen LogP contribution in [0.2, 0.25) is 0 Å². The number of rotatable bonds is 1. The lowest BCUT2D eigenvalue weighted by Gasteiger charge is -2.43. The third-order valence-corrected chi connectivity index (χ3v) is 6.44. The molecule has 4 nitrogen and oxygen atoms in total. The van der Waals surface area contributed by atoms with Crippen molar-refractivity contribution in [3.8, 4) is 24.3 Å². The van der Waals surface area contributed by atoms with Gasteiger partial charge in [0, 0.05) is 29.4 Å². The van der Waals surface area contributed by atoms with Gasteiger partial charge in [0.25, 0.3) is 0 Å². The molecule has 6 bridgehead atoms. The van der Waals surface area contributed by atoms with E-state index < -0.39 is 0 Å². The van der Waals surface area contributed by atoms with Crippen LogP contribution in [0.1, 0.15) is 30.4 Å². The second-order valence-corrected chi connectivity index (χ2v) is 7.98. The van der Waals surface area contributed by atoms with Crippen LogP contribution in [0.25, 0.3) is 0 Å². The minimum Gasteiger partial charge on any atom is -0.193 e. The monoisotopic (exact) mass is 388 g/mol. The summed E-state index contributed by atoms with van der Waals surface area (Å²) in [7, 11) is 0. The minimum atomic E-state index is -0.338. The van der Waals surface area contributed by atoms with E-state index in [4.69, 9.17) is 0 Å². The van der Waals surface area contributed by atoms with Gasteiger partial charge in [0.05, 0.1) is 35.4 Å². The lowest BCUT2D eigenvalue weighted by Crippen LogP contribution is -2.36. The Hall–Kier alpha value is -3.86. The third-order valence-electron chi connectivity index (χ3n) is 6.44. The summed E-state index contributed by atoms with van der Waals surface area (Å²) in [5.41, 5.74) is 5.99. The maximum atomic E-state index is 9.90. The number of hydrogen-bond acceptors (Lipinski definition) is 4. The van der Waals surface area contributed by atoms with Crippen LogP contribution in [0.3, 0.4) is 0 Å². The molecule has 7 aliphatic carbocycles. The molecule has 0 amide bonds. The maximum Gasteiger partial charge on any atom is 0.0967 e. The van der Waals surface area contributed by atoms with Gasteiger partial charge in [-0.15, -0.1) is 0 Å². The highest BCUT2D eigenvalue weighted by molar-refractivity contribution is 5.61. The average molecular weight is 388 g/mol. The molecule has 1 aromatic carbocycles. The van der Waals surface area contributed by atoms with E-state index in [1.165, 1.54) is 17.2 Å². The predicted octanol–water partition coefficient (Wildman–Crippen LogP) is 5.00. The summed E-state index contributed by atoms with van der Waals surface area (Å²) in [6.07, 6.45) is 9.91. The van der Waals surface area contributed by atoms with Crippen LogP contribution in [0.4, 0.5) is 0 Å². The molecule has 0 saturated carbocycles. The topological polar surface area (TPSA) is 95.2 Å². The van der Waals surface area contributed by atoms with Crippen molar-refractivity contribution in [2.45, 2.75) is 32.1 Å². The van der Waals surface area contributed by atoms with Crippen molar-refractivity contribution in [3.63, 3.8) is 0 Å². The Morgan fingerprint density at radius 2 is 1.60 bits per heavy atom. The minimum absolute atomic E-state index is 0.283. The van der Waals surface area contributed by atoms with Crippen LogP contribution in [0, 0.1) is 63.1 Å². The van der Waals surface area contributed by atoms with Crippen molar-refractivity contribution in [2.24, 2.45) is 17.8 Å². The molecule has 0 saturated heterocycles. The molecule has 1 aromatic rings. The molecule has 0 radical (unpaired) electrons. The van der Waals surface area contributed by atoms with Gasteiger partial charge in [-0.25, -0.2) is 0 Å². The highest BCUT2D eigenvalue weighted by Crippen LogP contribution is 2.54. The number of nitrogens with zero attached hydrogens (tertiary/aromatic N) is 4. The number of hydrogen-bond donors (Lipinski definition) is 0. The molecule has 0 unspecified atom stereocenters. The summed E-state index contributed by atoms with van der Waals surface area (Å²) in [4.78, 5) is 0. The van der Waals surface area contributed by atoms with Crippen LogP contribution >= 0.6 is 0 Å². The Balaban J connectivity index is 1.89. The Morgan fingerprint density at radius 1 is 0.900 bits per heavy atom. The fourth-order valence-electron chi connectivity index (χ4n) is 5.10. The maximum absolute atomic E-state index is 9.90. The molecule has 3 atom stereocenters. The van der Waals surface area contributed by atoms with E-state index in [1.807, 2.05) is 6.07 Å². The van der Waals surface area contributed by atoms with Gasteiger partial charge in [-0.1, -0.05) is 47.6 Å². The van der Waals surface area contributed by atoms with Crippen LogP contribution < -0.4 is 0 Å². The smallest absolute Gasteiger partial charge is 0.0967 e. The highest BCUT2D eigenvalue weighted by Gasteiger charge is 2.47. The van der Waals surface area contributed by atoms with E-state index >= 15 is 0 Å². The molecule has 7 aliphatic rings. The van der Waals surface area contributed by atoms with Crippen molar-refractivity contribution >= 4 is 0 Å². The quantitative estimate of drug-likeness (QED) is 0.499. The summed E-state index contributed by atoms with van der Waals surface area (Å²) in [6, 6.07) is 17.5. The zero-order valence-electron chi connectivity index (χ0n) is 16.6. The Labute approximate surface area is 177 Å². The SMILES string of the molecule is N#C/C=C(\C#N)[C@H]1/C2=C/CCc3ccc(cc3)CCCC3=C[C@@H]2C(C#N)=C(C#N)[C@H]31. The fraction of sp³-hybridized carbons (Fsp3) is 0.308. The summed E-state index contributed by atoms with van der Waals surface area (Å²) < 4.78 is 0. The zero-order valence-corrected chi connectivity index (χ0v) is 16.6. The van der Waals surface area contributed by atoms with Crippen LogP contribution in [0.5, 0.6) is 0 Å². The third kappa shape index (κ3) is 3.24. The predicted molar refractivity (Wildman–Crippen MR) is 112 cm³/mol. The number of aryl methyl sites for hydroxylation is 2. The fourth-order valence-corrected chi connectivity index (χ4v) is 5.10. The van der Waals surface area contributed by atoms with Gasteiger partial charge in [-0.2, -0.15) is 21.0 Å². The van der Waals surface area contributed by atoms with E-state index in [0.29, 0.717) is 16.7 Å². The van der Waals surface area contributed by atoms with E-state index in [1.54, 1.807) is 0 Å². The Kier molecular flexibility index (Phi) is 5.35. The molecule has 4 heteroatoms. The molecule has 144 valence electrons. The first kappa shape index (κ1) is 19.5. The van der Waals surface area contributed by atoms with Crippen molar-refractivity contribution in [3.05, 3.63) is 81.5 Å². The first-order valence-electron chi connectivity index (χ1n) is 10.2. The summed E-state index contributed by atoms with van der Waals surface area (Å²) >= 11 is 0. The molecule has 0 aliphatic heterocycles.